The summed E-state index contributed by atoms with van der Waals surface area (Å²) in [5.41, 5.74) is 4.96. The van der Waals surface area contributed by atoms with Crippen LogP contribution in [-0.2, 0) is 0 Å². The molecule has 184 valence electrons. The Balaban J connectivity index is 1.37. The van der Waals surface area contributed by atoms with Gasteiger partial charge in [0, 0.05) is 40.6 Å². The van der Waals surface area contributed by atoms with Crippen LogP contribution in [0.2, 0.25) is 0 Å². The van der Waals surface area contributed by atoms with E-state index in [9.17, 15) is 4.79 Å². The summed E-state index contributed by atoms with van der Waals surface area (Å²) in [7, 11) is 3.10. The van der Waals surface area contributed by atoms with E-state index >= 15 is 0 Å². The van der Waals surface area contributed by atoms with E-state index in [1.807, 2.05) is 56.3 Å². The molecule has 1 aromatic heterocycles. The van der Waals surface area contributed by atoms with Crippen molar-refractivity contribution in [1.82, 2.24) is 9.97 Å². The molecule has 0 saturated carbocycles. The third-order valence-electron chi connectivity index (χ3n) is 5.22. The molecule has 4 N–H and O–H groups in total. The molecule has 4 rings (SSSR count). The van der Waals surface area contributed by atoms with Crippen LogP contribution in [0.1, 0.15) is 11.3 Å². The third kappa shape index (κ3) is 6.41. The number of hydrogen-bond donors (Lipinski definition) is 4. The van der Waals surface area contributed by atoms with E-state index in [4.69, 9.17) is 9.47 Å². The average molecular weight is 485 g/mol. The number of nitrogens with zero attached hydrogens (tertiary/aromatic N) is 2. The summed E-state index contributed by atoms with van der Waals surface area (Å²) < 4.78 is 10.5. The predicted molar refractivity (Wildman–Crippen MR) is 143 cm³/mol. The molecule has 1 heterocycles. The number of amides is 2. The average Bonchev–Trinajstić information content (AvgIpc) is 2.86. The number of carbonyl (C=O) groups excluding carboxylic acids is 1. The van der Waals surface area contributed by atoms with Crippen molar-refractivity contribution in [2.24, 2.45) is 0 Å². The highest BCUT2D eigenvalue weighted by molar-refractivity contribution is 6.00. The molecule has 2 amide bonds. The maximum absolute atomic E-state index is 12.4. The number of hydrogen-bond acceptors (Lipinski definition) is 7. The molecular formula is C27H28N6O3. The minimum Gasteiger partial charge on any atom is -0.493 e. The number of aromatic nitrogens is 2. The van der Waals surface area contributed by atoms with Crippen molar-refractivity contribution in [3.05, 3.63) is 84.1 Å². The topological polar surface area (TPSA) is 109 Å². The Morgan fingerprint density at radius 2 is 1.25 bits per heavy atom. The van der Waals surface area contributed by atoms with E-state index in [1.165, 1.54) is 5.56 Å². The van der Waals surface area contributed by atoms with E-state index in [1.54, 1.807) is 44.6 Å². The van der Waals surface area contributed by atoms with Gasteiger partial charge in [-0.2, -0.15) is 4.98 Å². The van der Waals surface area contributed by atoms with Gasteiger partial charge in [0.15, 0.2) is 11.5 Å². The van der Waals surface area contributed by atoms with Crippen LogP contribution < -0.4 is 30.7 Å². The maximum Gasteiger partial charge on any atom is 0.323 e. The summed E-state index contributed by atoms with van der Waals surface area (Å²) in [5.74, 6) is 2.28. The molecule has 0 aliphatic rings. The first-order chi connectivity index (χ1) is 17.4. The standard InChI is InChI=1S/C27H28N6O3/c1-17-5-7-19(8-6-17)29-25-15-18(2)28-26(33-25)30-20-9-11-21(12-10-20)31-27(34)32-22-13-14-23(35-3)24(16-22)36-4/h5-16H,1-4H3,(H2,31,32,34)(H2,28,29,30,33). The van der Waals surface area contributed by atoms with Crippen molar-refractivity contribution in [3.63, 3.8) is 0 Å². The monoisotopic (exact) mass is 484 g/mol. The van der Waals surface area contributed by atoms with Crippen LogP contribution in [-0.4, -0.2) is 30.2 Å². The number of urea groups is 1. The van der Waals surface area contributed by atoms with Crippen LogP contribution in [0.3, 0.4) is 0 Å². The molecule has 0 unspecified atom stereocenters. The molecule has 4 aromatic rings. The Morgan fingerprint density at radius 1 is 0.667 bits per heavy atom. The summed E-state index contributed by atoms with van der Waals surface area (Å²) in [6.07, 6.45) is 0. The smallest absolute Gasteiger partial charge is 0.323 e. The summed E-state index contributed by atoms with van der Waals surface area (Å²) in [5, 5.41) is 12.1. The van der Waals surface area contributed by atoms with Gasteiger partial charge in [0.2, 0.25) is 5.95 Å². The number of anilines is 6. The fraction of sp³-hybridized carbons (Fsp3) is 0.148. The second-order valence-electron chi connectivity index (χ2n) is 8.06. The zero-order valence-electron chi connectivity index (χ0n) is 20.5. The summed E-state index contributed by atoms with van der Waals surface area (Å²) >= 11 is 0. The Hall–Kier alpha value is -4.79. The molecule has 0 fully saturated rings. The Morgan fingerprint density at radius 3 is 1.94 bits per heavy atom. The van der Waals surface area contributed by atoms with Crippen LogP contribution in [0.5, 0.6) is 11.5 Å². The number of carbonyl (C=O) groups is 1. The molecule has 0 aliphatic heterocycles. The van der Waals surface area contributed by atoms with Gasteiger partial charge in [-0.25, -0.2) is 9.78 Å². The van der Waals surface area contributed by atoms with Crippen molar-refractivity contribution in [2.45, 2.75) is 13.8 Å². The maximum atomic E-state index is 12.4. The zero-order valence-corrected chi connectivity index (χ0v) is 20.5. The van der Waals surface area contributed by atoms with Gasteiger partial charge in [-0.3, -0.25) is 0 Å². The largest absolute Gasteiger partial charge is 0.493 e. The molecule has 0 radical (unpaired) electrons. The van der Waals surface area contributed by atoms with Gasteiger partial charge >= 0.3 is 6.03 Å². The molecule has 36 heavy (non-hydrogen) atoms. The lowest BCUT2D eigenvalue weighted by atomic mass is 10.2. The van der Waals surface area contributed by atoms with E-state index in [0.717, 1.165) is 17.1 Å². The highest BCUT2D eigenvalue weighted by Gasteiger charge is 2.08. The first kappa shape index (κ1) is 24.3. The van der Waals surface area contributed by atoms with Crippen molar-refractivity contribution in [3.8, 4) is 11.5 Å². The molecule has 0 saturated heterocycles. The van der Waals surface area contributed by atoms with E-state index < -0.39 is 0 Å². The van der Waals surface area contributed by atoms with Gasteiger partial charge in [0.25, 0.3) is 0 Å². The van der Waals surface area contributed by atoms with Crippen LogP contribution in [0.25, 0.3) is 0 Å². The lowest BCUT2D eigenvalue weighted by Gasteiger charge is -2.12. The Kier molecular flexibility index (Phi) is 7.50. The normalized spacial score (nSPS) is 10.3. The second-order valence-corrected chi connectivity index (χ2v) is 8.06. The third-order valence-corrected chi connectivity index (χ3v) is 5.22. The summed E-state index contributed by atoms with van der Waals surface area (Å²) in [4.78, 5) is 21.4. The number of rotatable bonds is 8. The van der Waals surface area contributed by atoms with Crippen molar-refractivity contribution in [1.29, 1.82) is 0 Å². The van der Waals surface area contributed by atoms with Gasteiger partial charge in [0.1, 0.15) is 5.82 Å². The molecule has 0 aliphatic carbocycles. The van der Waals surface area contributed by atoms with Gasteiger partial charge < -0.3 is 30.7 Å². The zero-order chi connectivity index (χ0) is 25.5. The molecule has 0 atom stereocenters. The van der Waals surface area contributed by atoms with E-state index in [2.05, 4.69) is 31.2 Å². The molecule has 0 bridgehead atoms. The number of nitrogens with one attached hydrogen (secondary N) is 4. The summed E-state index contributed by atoms with van der Waals surface area (Å²) in [6.45, 7) is 3.96. The minimum absolute atomic E-state index is 0.378. The minimum atomic E-state index is -0.378. The van der Waals surface area contributed by atoms with Crippen LogP contribution in [0, 0.1) is 13.8 Å². The van der Waals surface area contributed by atoms with Gasteiger partial charge in [0.05, 0.1) is 14.2 Å². The quantitative estimate of drug-likeness (QED) is 0.234. The van der Waals surface area contributed by atoms with Crippen molar-refractivity contribution < 1.29 is 14.3 Å². The first-order valence-electron chi connectivity index (χ1n) is 11.3. The van der Waals surface area contributed by atoms with E-state index in [0.29, 0.717) is 34.6 Å². The van der Waals surface area contributed by atoms with Crippen molar-refractivity contribution >= 4 is 40.5 Å². The number of aryl methyl sites for hydroxylation is 2. The lowest BCUT2D eigenvalue weighted by molar-refractivity contribution is 0.262. The van der Waals surface area contributed by atoms with Gasteiger partial charge in [-0.1, -0.05) is 17.7 Å². The number of methoxy groups -OCH3 is 2. The number of ether oxygens (including phenoxy) is 2. The lowest BCUT2D eigenvalue weighted by Crippen LogP contribution is -2.19. The second kappa shape index (κ2) is 11.1. The number of benzene rings is 3. The molecule has 0 spiro atoms. The fourth-order valence-electron chi connectivity index (χ4n) is 3.45. The highest BCUT2D eigenvalue weighted by Crippen LogP contribution is 2.30. The summed E-state index contributed by atoms with van der Waals surface area (Å²) in [6, 6.07) is 22.0. The van der Waals surface area contributed by atoms with Gasteiger partial charge in [-0.15, -0.1) is 0 Å². The van der Waals surface area contributed by atoms with Gasteiger partial charge in [-0.05, 0) is 62.4 Å². The molecule has 3 aromatic carbocycles. The highest BCUT2D eigenvalue weighted by atomic mass is 16.5. The van der Waals surface area contributed by atoms with Crippen molar-refractivity contribution in [2.75, 3.05) is 35.5 Å². The van der Waals surface area contributed by atoms with Crippen LogP contribution >= 0.6 is 0 Å². The SMILES string of the molecule is COc1ccc(NC(=O)Nc2ccc(Nc3nc(C)cc(Nc4ccc(C)cc4)n3)cc2)cc1OC. The van der Waals surface area contributed by atoms with E-state index in [-0.39, 0.29) is 6.03 Å². The molecule has 9 nitrogen and oxygen atoms in total. The fourth-order valence-corrected chi connectivity index (χ4v) is 3.45. The Labute approximate surface area is 209 Å². The first-order valence-corrected chi connectivity index (χ1v) is 11.3. The predicted octanol–water partition coefficient (Wildman–Crippen LogP) is 6.24. The Bertz CT molecular complexity index is 1340. The molecule has 9 heteroatoms. The van der Waals surface area contributed by atoms with Crippen LogP contribution in [0.15, 0.2) is 72.8 Å². The molecular weight excluding hydrogens is 456 g/mol. The van der Waals surface area contributed by atoms with Crippen LogP contribution in [0.4, 0.5) is 39.3 Å².